The summed E-state index contributed by atoms with van der Waals surface area (Å²) in [6, 6.07) is 12.4. The number of nitrogens with zero attached hydrogens (tertiary/aromatic N) is 2. The van der Waals surface area contributed by atoms with Crippen LogP contribution >= 0.6 is 0 Å². The highest BCUT2D eigenvalue weighted by atomic mass is 19.1. The van der Waals surface area contributed by atoms with Crippen LogP contribution in [0.15, 0.2) is 66.3 Å². The third-order valence-corrected chi connectivity index (χ3v) is 5.74. The third-order valence-electron chi connectivity index (χ3n) is 5.74. The summed E-state index contributed by atoms with van der Waals surface area (Å²) >= 11 is 0. The standard InChI is InChI=1S/C24H23FN2O/c1-4-18(20-6-5-7-21(25)12-20)14-26-17(3)27-15-24(10-11-24)22-9-8-19(16(2)28)13-23(22)27/h4-9,12-14H,1,10-11,15H2,2-3H3/b18-14+,26-17+. The van der Waals surface area contributed by atoms with Crippen molar-refractivity contribution in [2.24, 2.45) is 4.99 Å². The fourth-order valence-corrected chi connectivity index (χ4v) is 3.91. The highest BCUT2D eigenvalue weighted by molar-refractivity contribution is 6.02. The summed E-state index contributed by atoms with van der Waals surface area (Å²) in [5.41, 5.74) is 4.81. The first kappa shape index (κ1) is 18.4. The molecule has 4 heteroatoms. The fraction of sp³-hybridized carbons (Fsp3) is 0.250. The molecule has 1 spiro atoms. The Bertz CT molecular complexity index is 1030. The van der Waals surface area contributed by atoms with Crippen LogP contribution in [-0.4, -0.2) is 18.2 Å². The Morgan fingerprint density at radius 3 is 2.61 bits per heavy atom. The summed E-state index contributed by atoms with van der Waals surface area (Å²) in [4.78, 5) is 18.7. The molecule has 1 saturated carbocycles. The lowest BCUT2D eigenvalue weighted by atomic mass is 9.97. The predicted molar refractivity (Wildman–Crippen MR) is 112 cm³/mol. The van der Waals surface area contributed by atoms with Crippen molar-refractivity contribution in [3.8, 4) is 0 Å². The van der Waals surface area contributed by atoms with Crippen LogP contribution in [0, 0.1) is 5.82 Å². The van der Waals surface area contributed by atoms with Gasteiger partial charge in [0.1, 0.15) is 11.7 Å². The van der Waals surface area contributed by atoms with Crippen LogP contribution in [0.3, 0.4) is 0 Å². The minimum Gasteiger partial charge on any atom is -0.329 e. The maximum atomic E-state index is 13.5. The lowest BCUT2D eigenvalue weighted by Crippen LogP contribution is -2.29. The van der Waals surface area contributed by atoms with Gasteiger partial charge in [0.2, 0.25) is 0 Å². The van der Waals surface area contributed by atoms with Crippen LogP contribution in [0.1, 0.15) is 48.2 Å². The number of rotatable bonds is 4. The molecule has 0 unspecified atom stereocenters. The van der Waals surface area contributed by atoms with Gasteiger partial charge in [-0.2, -0.15) is 0 Å². The summed E-state index contributed by atoms with van der Waals surface area (Å²) in [6.45, 7) is 8.27. The van der Waals surface area contributed by atoms with Gasteiger partial charge in [0.15, 0.2) is 5.78 Å². The number of hydrogen-bond donors (Lipinski definition) is 0. The van der Waals surface area contributed by atoms with E-state index in [9.17, 15) is 9.18 Å². The highest BCUT2D eigenvalue weighted by Gasteiger charge is 2.52. The number of amidine groups is 1. The smallest absolute Gasteiger partial charge is 0.159 e. The number of hydrogen-bond acceptors (Lipinski definition) is 2. The van der Waals surface area contributed by atoms with E-state index in [1.54, 1.807) is 25.3 Å². The van der Waals surface area contributed by atoms with Crippen molar-refractivity contribution < 1.29 is 9.18 Å². The van der Waals surface area contributed by atoms with Crippen LogP contribution in [0.25, 0.3) is 5.57 Å². The average Bonchev–Trinajstić information content (AvgIpc) is 3.39. The van der Waals surface area contributed by atoms with E-state index in [4.69, 9.17) is 0 Å². The Labute approximate surface area is 164 Å². The molecule has 0 aromatic heterocycles. The first-order chi connectivity index (χ1) is 13.4. The summed E-state index contributed by atoms with van der Waals surface area (Å²) < 4.78 is 13.5. The molecule has 0 saturated heterocycles. The van der Waals surface area contributed by atoms with Crippen molar-refractivity contribution in [3.63, 3.8) is 0 Å². The molecule has 142 valence electrons. The number of carbonyl (C=O) groups is 1. The van der Waals surface area contributed by atoms with Crippen LogP contribution in [0.5, 0.6) is 0 Å². The van der Waals surface area contributed by atoms with Gasteiger partial charge < -0.3 is 4.90 Å². The summed E-state index contributed by atoms with van der Waals surface area (Å²) in [7, 11) is 0. The van der Waals surface area contributed by atoms with Crippen LogP contribution in [0.4, 0.5) is 10.1 Å². The topological polar surface area (TPSA) is 32.7 Å². The maximum absolute atomic E-state index is 13.5. The van der Waals surface area contributed by atoms with E-state index in [2.05, 4.69) is 22.5 Å². The van der Waals surface area contributed by atoms with Crippen LogP contribution < -0.4 is 4.90 Å². The molecular weight excluding hydrogens is 351 g/mol. The number of carbonyl (C=O) groups excluding carboxylic acids is 1. The SMILES string of the molecule is C=C/C(=C\N=C(/C)N1CC2(CC2)c2ccc(C(C)=O)cc21)c1cccc(F)c1. The van der Waals surface area contributed by atoms with Crippen molar-refractivity contribution in [2.75, 3.05) is 11.4 Å². The molecule has 3 nitrogen and oxygen atoms in total. The van der Waals surface area contributed by atoms with Gasteiger partial charge in [0.25, 0.3) is 0 Å². The quantitative estimate of drug-likeness (QED) is 0.305. The Balaban J connectivity index is 1.69. The monoisotopic (exact) mass is 374 g/mol. The zero-order valence-electron chi connectivity index (χ0n) is 16.2. The Morgan fingerprint density at radius 1 is 1.18 bits per heavy atom. The summed E-state index contributed by atoms with van der Waals surface area (Å²) in [6.07, 6.45) is 5.74. The molecule has 2 aromatic carbocycles. The van der Waals surface area contributed by atoms with E-state index < -0.39 is 0 Å². The molecular formula is C24H23FN2O. The van der Waals surface area contributed by atoms with Crippen molar-refractivity contribution in [2.45, 2.75) is 32.1 Å². The fourth-order valence-electron chi connectivity index (χ4n) is 3.91. The second kappa shape index (κ2) is 6.86. The number of benzene rings is 2. The van der Waals surface area contributed by atoms with Gasteiger partial charge in [0, 0.05) is 29.4 Å². The first-order valence-corrected chi connectivity index (χ1v) is 9.49. The van der Waals surface area contributed by atoms with E-state index in [0.717, 1.165) is 34.8 Å². The van der Waals surface area contributed by atoms with Crippen molar-refractivity contribution >= 4 is 22.9 Å². The molecule has 1 heterocycles. The van der Waals surface area contributed by atoms with Crippen molar-refractivity contribution in [3.05, 3.63) is 83.8 Å². The van der Waals surface area contributed by atoms with Gasteiger partial charge in [-0.05, 0) is 61.6 Å². The van der Waals surface area contributed by atoms with E-state index in [0.29, 0.717) is 0 Å². The minimum atomic E-state index is -0.285. The summed E-state index contributed by atoms with van der Waals surface area (Å²) in [5, 5.41) is 0. The highest BCUT2D eigenvalue weighted by Crippen LogP contribution is 2.56. The van der Waals surface area contributed by atoms with Gasteiger partial charge in [-0.25, -0.2) is 9.38 Å². The molecule has 2 aromatic rings. The normalized spacial score (nSPS) is 17.6. The second-order valence-electron chi connectivity index (χ2n) is 7.63. The Hall–Kier alpha value is -3.01. The Morgan fingerprint density at radius 2 is 1.96 bits per heavy atom. The zero-order chi connectivity index (χ0) is 19.9. The minimum absolute atomic E-state index is 0.0639. The van der Waals surface area contributed by atoms with Crippen molar-refractivity contribution in [1.29, 1.82) is 0 Å². The van der Waals surface area contributed by atoms with Gasteiger partial charge in [-0.3, -0.25) is 4.79 Å². The second-order valence-corrected chi connectivity index (χ2v) is 7.63. The lowest BCUT2D eigenvalue weighted by molar-refractivity contribution is 0.101. The van der Waals surface area contributed by atoms with E-state index in [1.165, 1.54) is 30.5 Å². The largest absolute Gasteiger partial charge is 0.329 e. The number of halogens is 1. The maximum Gasteiger partial charge on any atom is 0.159 e. The lowest BCUT2D eigenvalue weighted by Gasteiger charge is -2.19. The number of allylic oxidation sites excluding steroid dienone is 2. The molecule has 0 bridgehead atoms. The van der Waals surface area contributed by atoms with Crippen LogP contribution in [-0.2, 0) is 5.41 Å². The zero-order valence-corrected chi connectivity index (χ0v) is 16.2. The molecule has 1 aliphatic heterocycles. The van der Waals surface area contributed by atoms with Crippen LogP contribution in [0.2, 0.25) is 0 Å². The molecule has 0 N–H and O–H groups in total. The predicted octanol–water partition coefficient (Wildman–Crippen LogP) is 5.53. The van der Waals surface area contributed by atoms with Gasteiger partial charge in [0.05, 0.1) is 0 Å². The van der Waals surface area contributed by atoms with Crippen molar-refractivity contribution in [1.82, 2.24) is 0 Å². The number of aliphatic imine (C=N–C) groups is 1. The molecule has 4 rings (SSSR count). The van der Waals surface area contributed by atoms with E-state index >= 15 is 0 Å². The molecule has 0 radical (unpaired) electrons. The van der Waals surface area contributed by atoms with E-state index in [-0.39, 0.29) is 17.0 Å². The number of Topliss-reactive ketones (excluding diaryl/α,β-unsaturated/α-hetero) is 1. The first-order valence-electron chi connectivity index (χ1n) is 9.49. The van der Waals surface area contributed by atoms with Gasteiger partial charge >= 0.3 is 0 Å². The number of ketones is 1. The average molecular weight is 374 g/mol. The number of fused-ring (bicyclic) bond motifs is 2. The molecule has 28 heavy (non-hydrogen) atoms. The molecule has 0 amide bonds. The third kappa shape index (κ3) is 3.19. The molecule has 1 fully saturated rings. The van der Waals surface area contributed by atoms with E-state index in [1.807, 2.05) is 25.1 Å². The van der Waals surface area contributed by atoms with Gasteiger partial charge in [-0.1, -0.05) is 36.9 Å². The Kier molecular flexibility index (Phi) is 4.50. The molecule has 0 atom stereocenters. The number of anilines is 1. The van der Waals surface area contributed by atoms with Gasteiger partial charge in [-0.15, -0.1) is 0 Å². The summed E-state index contributed by atoms with van der Waals surface area (Å²) in [5.74, 6) is 0.627. The molecule has 1 aliphatic carbocycles. The molecule has 2 aliphatic rings.